The number of ether oxygens (including phenoxy) is 1. The summed E-state index contributed by atoms with van der Waals surface area (Å²) in [7, 11) is 1.81. The fraction of sp³-hybridized carbons (Fsp3) is 0.385. The lowest BCUT2D eigenvalue weighted by atomic mass is 10.2. The van der Waals surface area contributed by atoms with Gasteiger partial charge in [0, 0.05) is 0 Å². The molecule has 4 heteroatoms. The van der Waals surface area contributed by atoms with Crippen LogP contribution in [0.2, 0.25) is 0 Å². The average molecular weight is 272 g/mol. The van der Waals surface area contributed by atoms with Crippen molar-refractivity contribution < 1.29 is 4.74 Å². The van der Waals surface area contributed by atoms with E-state index in [-0.39, 0.29) is 0 Å². The topological polar surface area (TPSA) is 21.3 Å². The molecule has 0 saturated carbocycles. The third kappa shape index (κ3) is 4.47. The van der Waals surface area contributed by atoms with Crippen molar-refractivity contribution in [2.45, 2.75) is 17.4 Å². The summed E-state index contributed by atoms with van der Waals surface area (Å²) in [5.74, 6) is 6.37. The first-order chi connectivity index (χ1) is 8.08. The zero-order valence-electron chi connectivity index (χ0n) is 9.84. The molecule has 1 rings (SSSR count). The van der Waals surface area contributed by atoms with E-state index >= 15 is 0 Å². The second-order valence-electron chi connectivity index (χ2n) is 3.51. The quantitative estimate of drug-likeness (QED) is 0.672. The van der Waals surface area contributed by atoms with Gasteiger partial charge in [-0.2, -0.15) is 0 Å². The van der Waals surface area contributed by atoms with Crippen molar-refractivity contribution in [3.8, 4) is 17.6 Å². The summed E-state index contributed by atoms with van der Waals surface area (Å²) >= 11 is 12.3. The molecular formula is C13H15Cl2NO. The van der Waals surface area contributed by atoms with Gasteiger partial charge in [0.15, 0.2) is 0 Å². The Morgan fingerprint density at radius 1 is 1.41 bits per heavy atom. The van der Waals surface area contributed by atoms with Crippen LogP contribution < -0.4 is 10.1 Å². The number of nitrogens with one attached hydrogen (secondary N) is 1. The number of hydrogen-bond donors (Lipinski definition) is 1. The van der Waals surface area contributed by atoms with Gasteiger partial charge < -0.3 is 10.1 Å². The average Bonchev–Trinajstić information content (AvgIpc) is 2.30. The maximum Gasteiger partial charge on any atom is 0.260 e. The summed E-state index contributed by atoms with van der Waals surface area (Å²) in [4.78, 5) is 0. The van der Waals surface area contributed by atoms with E-state index in [1.807, 2.05) is 37.4 Å². The molecule has 0 heterocycles. The molecule has 0 saturated heterocycles. The summed E-state index contributed by atoms with van der Waals surface area (Å²) in [6.45, 7) is 2.29. The fourth-order valence-electron chi connectivity index (χ4n) is 1.12. The first-order valence-electron chi connectivity index (χ1n) is 5.30. The Morgan fingerprint density at radius 2 is 2.06 bits per heavy atom. The molecule has 0 radical (unpaired) electrons. The minimum atomic E-state index is -1.21. The Bertz CT molecular complexity index is 397. The minimum Gasteiger partial charge on any atom is -0.459 e. The normalized spacial score (nSPS) is 15.3. The third-order valence-electron chi connectivity index (χ3n) is 2.05. The van der Waals surface area contributed by atoms with Crippen LogP contribution in [0.5, 0.6) is 5.75 Å². The van der Waals surface area contributed by atoms with Crippen LogP contribution in [-0.4, -0.2) is 24.0 Å². The van der Waals surface area contributed by atoms with Crippen LogP contribution in [0.15, 0.2) is 30.3 Å². The van der Waals surface area contributed by atoms with Crippen molar-refractivity contribution in [3.05, 3.63) is 30.3 Å². The van der Waals surface area contributed by atoms with E-state index in [1.54, 1.807) is 6.92 Å². The molecule has 0 aromatic heterocycles. The van der Waals surface area contributed by atoms with Gasteiger partial charge in [0.1, 0.15) is 5.75 Å². The van der Waals surface area contributed by atoms with E-state index in [9.17, 15) is 0 Å². The van der Waals surface area contributed by atoms with Gasteiger partial charge in [0.05, 0.1) is 11.9 Å². The smallest absolute Gasteiger partial charge is 0.260 e. The Kier molecular flexibility index (Phi) is 5.64. The third-order valence-corrected chi connectivity index (χ3v) is 2.96. The van der Waals surface area contributed by atoms with E-state index < -0.39 is 10.4 Å². The fourth-order valence-corrected chi connectivity index (χ4v) is 1.37. The highest BCUT2D eigenvalue weighted by Crippen LogP contribution is 2.27. The molecule has 0 bridgehead atoms. The molecule has 0 fully saturated rings. The standard InChI is InChI=1S/C13H15Cl2NO/c1-11(14)13(15,9-6-10-16-2)17-12-7-4-3-5-8-12/h3-5,7-8,11,16H,10H2,1-2H3. The molecule has 0 amide bonds. The van der Waals surface area contributed by atoms with Gasteiger partial charge in [0.2, 0.25) is 0 Å². The molecule has 1 aromatic rings. The van der Waals surface area contributed by atoms with E-state index in [0.717, 1.165) is 0 Å². The van der Waals surface area contributed by atoms with Gasteiger partial charge in [-0.05, 0) is 32.0 Å². The van der Waals surface area contributed by atoms with Gasteiger partial charge in [0.25, 0.3) is 5.06 Å². The van der Waals surface area contributed by atoms with Crippen molar-refractivity contribution in [2.24, 2.45) is 0 Å². The summed E-state index contributed by atoms with van der Waals surface area (Å²) < 4.78 is 5.64. The second-order valence-corrected chi connectivity index (χ2v) is 4.72. The summed E-state index contributed by atoms with van der Waals surface area (Å²) in [6.07, 6.45) is 0. The molecule has 92 valence electrons. The van der Waals surface area contributed by atoms with E-state index in [1.165, 1.54) is 0 Å². The minimum absolute atomic E-state index is 0.436. The number of hydrogen-bond acceptors (Lipinski definition) is 2. The molecule has 1 aromatic carbocycles. The zero-order valence-corrected chi connectivity index (χ0v) is 11.3. The van der Waals surface area contributed by atoms with Crippen molar-refractivity contribution in [2.75, 3.05) is 13.6 Å². The summed E-state index contributed by atoms with van der Waals surface area (Å²) in [5, 5.41) is 1.27. The number of rotatable bonds is 4. The number of halogens is 2. The first kappa shape index (κ1) is 14.2. The highest BCUT2D eigenvalue weighted by Gasteiger charge is 2.33. The SMILES string of the molecule is CNCC#CC(Cl)(Oc1ccccc1)C(C)Cl. The van der Waals surface area contributed by atoms with Gasteiger partial charge in [-0.3, -0.25) is 0 Å². The highest BCUT2D eigenvalue weighted by molar-refractivity contribution is 6.33. The van der Waals surface area contributed by atoms with Gasteiger partial charge in [-0.15, -0.1) is 11.6 Å². The molecular weight excluding hydrogens is 257 g/mol. The summed E-state index contributed by atoms with van der Waals surface area (Å²) in [6, 6.07) is 9.27. The number of alkyl halides is 2. The predicted molar refractivity (Wildman–Crippen MR) is 72.7 cm³/mol. The van der Waals surface area contributed by atoms with Gasteiger partial charge in [-0.1, -0.05) is 35.7 Å². The molecule has 0 aliphatic carbocycles. The van der Waals surface area contributed by atoms with Gasteiger partial charge in [-0.25, -0.2) is 0 Å². The maximum atomic E-state index is 6.29. The Morgan fingerprint density at radius 3 is 2.59 bits per heavy atom. The van der Waals surface area contributed by atoms with Crippen LogP contribution in [0.25, 0.3) is 0 Å². The molecule has 17 heavy (non-hydrogen) atoms. The molecule has 2 unspecified atom stereocenters. The van der Waals surface area contributed by atoms with Crippen LogP contribution in [0.1, 0.15) is 6.92 Å². The lowest BCUT2D eigenvalue weighted by molar-refractivity contribution is 0.216. The zero-order chi connectivity index (χ0) is 12.7. The van der Waals surface area contributed by atoms with Crippen molar-refractivity contribution in [1.82, 2.24) is 5.32 Å². The second kappa shape index (κ2) is 6.76. The van der Waals surface area contributed by atoms with E-state index in [4.69, 9.17) is 27.9 Å². The van der Waals surface area contributed by atoms with Crippen molar-refractivity contribution in [1.29, 1.82) is 0 Å². The van der Waals surface area contributed by atoms with Crippen molar-refractivity contribution in [3.63, 3.8) is 0 Å². The Labute approximate surface area is 112 Å². The molecule has 2 nitrogen and oxygen atoms in total. The predicted octanol–water partition coefficient (Wildman–Crippen LogP) is 2.85. The van der Waals surface area contributed by atoms with Crippen molar-refractivity contribution >= 4 is 23.2 Å². The Hall–Kier alpha value is -0.880. The monoisotopic (exact) mass is 271 g/mol. The van der Waals surface area contributed by atoms with Gasteiger partial charge >= 0.3 is 0 Å². The van der Waals surface area contributed by atoms with Crippen LogP contribution in [0.3, 0.4) is 0 Å². The molecule has 1 N–H and O–H groups in total. The number of para-hydroxylation sites is 1. The van der Waals surface area contributed by atoms with E-state index in [2.05, 4.69) is 17.2 Å². The van der Waals surface area contributed by atoms with Crippen LogP contribution in [0.4, 0.5) is 0 Å². The first-order valence-corrected chi connectivity index (χ1v) is 6.11. The molecule has 0 aliphatic heterocycles. The summed E-state index contributed by atoms with van der Waals surface area (Å²) in [5.41, 5.74) is 0. The van der Waals surface area contributed by atoms with Crippen LogP contribution in [0, 0.1) is 11.8 Å². The molecule has 0 spiro atoms. The van der Waals surface area contributed by atoms with E-state index in [0.29, 0.717) is 12.3 Å². The maximum absolute atomic E-state index is 6.29. The van der Waals surface area contributed by atoms with Crippen LogP contribution in [-0.2, 0) is 0 Å². The molecule has 0 aliphatic rings. The highest BCUT2D eigenvalue weighted by atomic mass is 35.5. The Balaban J connectivity index is 2.83. The lowest BCUT2D eigenvalue weighted by Gasteiger charge is -2.25. The largest absolute Gasteiger partial charge is 0.459 e. The molecule has 2 atom stereocenters. The van der Waals surface area contributed by atoms with Crippen LogP contribution >= 0.6 is 23.2 Å². The lowest BCUT2D eigenvalue weighted by Crippen LogP contribution is -2.36. The number of benzene rings is 1.